The van der Waals surface area contributed by atoms with Gasteiger partial charge in [0.25, 0.3) is 0 Å². The first-order valence-corrected chi connectivity index (χ1v) is 11.2. The third-order valence-electron chi connectivity index (χ3n) is 4.72. The molecule has 0 amide bonds. The quantitative estimate of drug-likeness (QED) is 0.588. The lowest BCUT2D eigenvalue weighted by Crippen LogP contribution is -2.48. The minimum atomic E-state index is -3.61. The van der Waals surface area contributed by atoms with Gasteiger partial charge in [0.1, 0.15) is 4.90 Å². The zero-order valence-corrected chi connectivity index (χ0v) is 17.7. The van der Waals surface area contributed by atoms with Gasteiger partial charge in [0.2, 0.25) is 21.7 Å². The highest BCUT2D eigenvalue weighted by Crippen LogP contribution is 2.25. The van der Waals surface area contributed by atoms with Gasteiger partial charge < -0.3 is 4.52 Å². The summed E-state index contributed by atoms with van der Waals surface area (Å²) in [6, 6.07) is 13.7. The van der Waals surface area contributed by atoms with E-state index in [0.717, 1.165) is 5.56 Å². The number of sulfonamides is 1. The molecule has 0 saturated carbocycles. The van der Waals surface area contributed by atoms with E-state index < -0.39 is 10.0 Å². The van der Waals surface area contributed by atoms with Crippen molar-refractivity contribution in [3.63, 3.8) is 0 Å². The van der Waals surface area contributed by atoms with Crippen molar-refractivity contribution in [1.29, 1.82) is 0 Å². The van der Waals surface area contributed by atoms with Gasteiger partial charge in [0, 0.05) is 36.8 Å². The Balaban J connectivity index is 1.38. The summed E-state index contributed by atoms with van der Waals surface area (Å²) >= 11 is 12.0. The second kappa shape index (κ2) is 8.41. The molecule has 1 aliphatic rings. The third-order valence-corrected chi connectivity index (χ3v) is 7.37. The van der Waals surface area contributed by atoms with Gasteiger partial charge in [-0.3, -0.25) is 4.90 Å². The lowest BCUT2D eigenvalue weighted by atomic mass is 10.2. The number of halogens is 2. The summed E-state index contributed by atoms with van der Waals surface area (Å²) in [5.41, 5.74) is 0.819. The minimum absolute atomic E-state index is 0.139. The molecule has 0 aliphatic carbocycles. The lowest BCUT2D eigenvalue weighted by molar-refractivity contribution is 0.163. The number of benzene rings is 2. The molecule has 4 rings (SSSR count). The molecule has 3 aromatic rings. The van der Waals surface area contributed by atoms with Crippen molar-refractivity contribution in [3.8, 4) is 11.4 Å². The molecule has 1 fully saturated rings. The maximum atomic E-state index is 12.8. The van der Waals surface area contributed by atoms with E-state index in [1.165, 1.54) is 10.4 Å². The fourth-order valence-electron chi connectivity index (χ4n) is 3.15. The van der Waals surface area contributed by atoms with Crippen molar-refractivity contribution in [2.75, 3.05) is 26.2 Å². The molecule has 1 aromatic heterocycles. The number of piperazine rings is 1. The second-order valence-corrected chi connectivity index (χ2v) is 9.38. The summed E-state index contributed by atoms with van der Waals surface area (Å²) < 4.78 is 32.5. The summed E-state index contributed by atoms with van der Waals surface area (Å²) in [7, 11) is -3.61. The van der Waals surface area contributed by atoms with E-state index in [1.54, 1.807) is 30.3 Å². The average Bonchev–Trinajstić information content (AvgIpc) is 3.17. The molecule has 2 heterocycles. The van der Waals surface area contributed by atoms with Gasteiger partial charge in [0.05, 0.1) is 11.6 Å². The molecule has 10 heteroatoms. The number of hydrogen-bond donors (Lipinski definition) is 0. The number of nitrogens with zero attached hydrogens (tertiary/aromatic N) is 4. The fourth-order valence-corrected chi connectivity index (χ4v) is 5.19. The number of aromatic nitrogens is 2. The van der Waals surface area contributed by atoms with Gasteiger partial charge in [-0.1, -0.05) is 40.5 Å². The Kier molecular flexibility index (Phi) is 5.89. The van der Waals surface area contributed by atoms with E-state index in [9.17, 15) is 8.42 Å². The largest absolute Gasteiger partial charge is 0.338 e. The first-order valence-electron chi connectivity index (χ1n) is 8.99. The SMILES string of the molecule is O=S(=O)(c1ccccc1Cl)N1CCN(Cc2nc(-c3ccc(Cl)cc3)no2)CC1. The molecule has 0 unspecified atom stereocenters. The van der Waals surface area contributed by atoms with Crippen LogP contribution >= 0.6 is 23.2 Å². The van der Waals surface area contributed by atoms with E-state index >= 15 is 0 Å². The van der Waals surface area contributed by atoms with Crippen LogP contribution in [0.1, 0.15) is 5.89 Å². The van der Waals surface area contributed by atoms with Crippen molar-refractivity contribution in [1.82, 2.24) is 19.3 Å². The van der Waals surface area contributed by atoms with Gasteiger partial charge in [-0.15, -0.1) is 0 Å². The van der Waals surface area contributed by atoms with Crippen molar-refractivity contribution in [2.24, 2.45) is 0 Å². The van der Waals surface area contributed by atoms with E-state index in [4.69, 9.17) is 27.7 Å². The molecular weight excluding hydrogens is 435 g/mol. The molecule has 0 atom stereocenters. The van der Waals surface area contributed by atoms with E-state index in [2.05, 4.69) is 15.0 Å². The molecule has 0 bridgehead atoms. The fraction of sp³-hybridized carbons (Fsp3) is 0.263. The Morgan fingerprint density at radius 3 is 2.34 bits per heavy atom. The average molecular weight is 453 g/mol. The highest BCUT2D eigenvalue weighted by molar-refractivity contribution is 7.89. The van der Waals surface area contributed by atoms with Crippen LogP contribution in [0.3, 0.4) is 0 Å². The molecule has 152 valence electrons. The Hall–Kier alpha value is -1.97. The van der Waals surface area contributed by atoms with Gasteiger partial charge in [-0.25, -0.2) is 8.42 Å². The first kappa shape index (κ1) is 20.3. The molecule has 7 nitrogen and oxygen atoms in total. The predicted octanol–water partition coefficient (Wildman–Crippen LogP) is 3.55. The second-order valence-electron chi connectivity index (χ2n) is 6.63. The van der Waals surface area contributed by atoms with Crippen LogP contribution in [0.15, 0.2) is 57.9 Å². The van der Waals surface area contributed by atoms with Crippen molar-refractivity contribution >= 4 is 33.2 Å². The van der Waals surface area contributed by atoms with Gasteiger partial charge in [0.15, 0.2) is 0 Å². The van der Waals surface area contributed by atoms with Crippen LogP contribution < -0.4 is 0 Å². The monoisotopic (exact) mass is 452 g/mol. The first-order chi connectivity index (χ1) is 13.9. The molecule has 2 aromatic carbocycles. The van der Waals surface area contributed by atoms with Crippen LogP contribution in [-0.2, 0) is 16.6 Å². The van der Waals surface area contributed by atoms with Crippen LogP contribution in [0.5, 0.6) is 0 Å². The van der Waals surface area contributed by atoms with Gasteiger partial charge in [-0.05, 0) is 36.4 Å². The molecule has 1 saturated heterocycles. The summed E-state index contributed by atoms with van der Waals surface area (Å²) in [4.78, 5) is 6.64. The van der Waals surface area contributed by atoms with Crippen LogP contribution in [0, 0.1) is 0 Å². The predicted molar refractivity (Wildman–Crippen MR) is 110 cm³/mol. The van der Waals surface area contributed by atoms with Crippen molar-refractivity contribution in [2.45, 2.75) is 11.4 Å². The summed E-state index contributed by atoms with van der Waals surface area (Å²) in [5.74, 6) is 0.981. The molecule has 0 radical (unpaired) electrons. The molecule has 0 N–H and O–H groups in total. The summed E-state index contributed by atoms with van der Waals surface area (Å²) in [6.07, 6.45) is 0. The Bertz CT molecular complexity index is 1090. The van der Waals surface area contributed by atoms with Crippen LogP contribution in [0.25, 0.3) is 11.4 Å². The Labute approximate surface area is 178 Å². The van der Waals surface area contributed by atoms with Crippen LogP contribution in [0.2, 0.25) is 10.0 Å². The third kappa shape index (κ3) is 4.46. The van der Waals surface area contributed by atoms with Crippen molar-refractivity contribution < 1.29 is 12.9 Å². The highest BCUT2D eigenvalue weighted by atomic mass is 35.5. The lowest BCUT2D eigenvalue weighted by Gasteiger charge is -2.33. The highest BCUT2D eigenvalue weighted by Gasteiger charge is 2.30. The zero-order chi connectivity index (χ0) is 20.4. The smallest absolute Gasteiger partial charge is 0.244 e. The van der Waals surface area contributed by atoms with Crippen molar-refractivity contribution in [3.05, 3.63) is 64.5 Å². The molecule has 29 heavy (non-hydrogen) atoms. The van der Waals surface area contributed by atoms with E-state index in [-0.39, 0.29) is 9.92 Å². The van der Waals surface area contributed by atoms with Gasteiger partial charge in [-0.2, -0.15) is 9.29 Å². The summed E-state index contributed by atoms with van der Waals surface area (Å²) in [5, 5.41) is 4.88. The normalized spacial score (nSPS) is 16.2. The maximum absolute atomic E-state index is 12.8. The number of hydrogen-bond acceptors (Lipinski definition) is 6. The topological polar surface area (TPSA) is 79.5 Å². The Morgan fingerprint density at radius 1 is 0.966 bits per heavy atom. The van der Waals surface area contributed by atoms with Gasteiger partial charge >= 0.3 is 0 Å². The molecule has 1 aliphatic heterocycles. The van der Waals surface area contributed by atoms with Crippen LogP contribution in [-0.4, -0.2) is 53.9 Å². The minimum Gasteiger partial charge on any atom is -0.338 e. The van der Waals surface area contributed by atoms with E-state index in [1.807, 2.05) is 12.1 Å². The summed E-state index contributed by atoms with van der Waals surface area (Å²) in [6.45, 7) is 2.31. The standard InChI is InChI=1S/C19H18Cl2N4O3S/c20-15-7-5-14(6-8-15)19-22-18(28-23-19)13-24-9-11-25(12-10-24)29(26,27)17-4-2-1-3-16(17)21/h1-8H,9-13H2. The van der Waals surface area contributed by atoms with Crippen LogP contribution in [0.4, 0.5) is 0 Å². The van der Waals surface area contributed by atoms with E-state index in [0.29, 0.717) is 49.5 Å². The number of rotatable bonds is 5. The maximum Gasteiger partial charge on any atom is 0.244 e. The zero-order valence-electron chi connectivity index (χ0n) is 15.3. The molecular formula is C19H18Cl2N4O3S. The Morgan fingerprint density at radius 2 is 1.66 bits per heavy atom. The molecule has 0 spiro atoms.